The van der Waals surface area contributed by atoms with Crippen molar-refractivity contribution in [3.63, 3.8) is 0 Å². The van der Waals surface area contributed by atoms with Crippen LogP contribution < -0.4 is 4.90 Å². The minimum Gasteiger partial charge on any atom is -0.310 e. The van der Waals surface area contributed by atoms with Gasteiger partial charge in [0.05, 0.1) is 0 Å². The van der Waals surface area contributed by atoms with Crippen LogP contribution >= 0.6 is 11.3 Å². The quantitative estimate of drug-likeness (QED) is 0.170. The van der Waals surface area contributed by atoms with Gasteiger partial charge in [0.1, 0.15) is 0 Å². The molecule has 1 nitrogen and oxygen atoms in total. The summed E-state index contributed by atoms with van der Waals surface area (Å²) in [7, 11) is 0. The molecular weight excluding hydrogens is 695 g/mol. The molecule has 2 heteroatoms. The molecule has 1 aromatic heterocycles. The zero-order chi connectivity index (χ0) is 37.8. The van der Waals surface area contributed by atoms with Crippen molar-refractivity contribution in [2.75, 3.05) is 4.90 Å². The van der Waals surface area contributed by atoms with Gasteiger partial charge in [0, 0.05) is 48.1 Å². The molecule has 8 aromatic carbocycles. The Bertz CT molecular complexity index is 3010. The molecule has 0 radical (unpaired) electrons. The monoisotopic (exact) mass is 735 g/mol. The topological polar surface area (TPSA) is 3.24 Å². The Morgan fingerprint density at radius 2 is 0.893 bits per heavy atom. The molecule has 0 saturated carbocycles. The molecule has 0 saturated heterocycles. The van der Waals surface area contributed by atoms with Crippen molar-refractivity contribution in [1.82, 2.24) is 0 Å². The molecule has 0 bridgehead atoms. The summed E-state index contributed by atoms with van der Waals surface area (Å²) in [4.78, 5) is 2.43. The third kappa shape index (κ3) is 4.85. The van der Waals surface area contributed by atoms with Crippen LogP contribution in [0.15, 0.2) is 176 Å². The Kier molecular flexibility index (Phi) is 7.18. The number of hydrogen-bond acceptors (Lipinski definition) is 2. The molecule has 2 aliphatic carbocycles. The van der Waals surface area contributed by atoms with Gasteiger partial charge in [-0.1, -0.05) is 149 Å². The van der Waals surface area contributed by atoms with Crippen LogP contribution in [0, 0.1) is 0 Å². The first-order valence-electron chi connectivity index (χ1n) is 19.7. The Labute approximate surface area is 333 Å². The lowest BCUT2D eigenvalue weighted by Crippen LogP contribution is -2.16. The van der Waals surface area contributed by atoms with Gasteiger partial charge in [0.2, 0.25) is 0 Å². The van der Waals surface area contributed by atoms with E-state index in [2.05, 4.69) is 209 Å². The van der Waals surface area contributed by atoms with Crippen LogP contribution in [-0.4, -0.2) is 0 Å². The van der Waals surface area contributed by atoms with Gasteiger partial charge >= 0.3 is 0 Å². The summed E-state index contributed by atoms with van der Waals surface area (Å²) in [5.74, 6) is 0. The van der Waals surface area contributed by atoms with Crippen molar-refractivity contribution in [2.24, 2.45) is 0 Å². The highest BCUT2D eigenvalue weighted by molar-refractivity contribution is 7.25. The molecule has 0 aliphatic heterocycles. The Balaban J connectivity index is 1.02. The van der Waals surface area contributed by atoms with Gasteiger partial charge in [-0.2, -0.15) is 0 Å². The Morgan fingerprint density at radius 3 is 1.64 bits per heavy atom. The summed E-state index contributed by atoms with van der Waals surface area (Å²) < 4.78 is 2.67. The molecule has 1 heterocycles. The maximum absolute atomic E-state index is 2.43. The largest absolute Gasteiger partial charge is 0.310 e. The van der Waals surface area contributed by atoms with Crippen molar-refractivity contribution in [3.05, 3.63) is 198 Å². The number of benzene rings is 8. The molecule has 0 N–H and O–H groups in total. The van der Waals surface area contributed by atoms with Crippen LogP contribution in [0.4, 0.5) is 17.1 Å². The standard InChI is InChI=1S/C54H41NS/c1-53(2)47-17-8-5-12-41(47)43-30-29-39(33-49(43)53)55(37-25-20-34(21-26-37)36-24-31-51-46(32-36)44-14-7-10-19-50(44)56-51)38-27-22-35(23-28-38)40-15-11-16-45-42-13-6-9-18-48(42)54(3,4)52(40)45/h5-33H,1-4H3. The molecule has 11 rings (SSSR count). The van der Waals surface area contributed by atoms with Gasteiger partial charge in [-0.05, 0) is 121 Å². The summed E-state index contributed by atoms with van der Waals surface area (Å²) in [5, 5.41) is 2.66. The fourth-order valence-corrected chi connectivity index (χ4v) is 11.0. The van der Waals surface area contributed by atoms with Crippen molar-refractivity contribution in [3.8, 4) is 44.5 Å². The van der Waals surface area contributed by atoms with Crippen LogP contribution in [0.5, 0.6) is 0 Å². The maximum Gasteiger partial charge on any atom is 0.0465 e. The highest BCUT2D eigenvalue weighted by atomic mass is 32.1. The van der Waals surface area contributed by atoms with E-state index < -0.39 is 0 Å². The van der Waals surface area contributed by atoms with E-state index in [1.807, 2.05) is 11.3 Å². The fourth-order valence-electron chi connectivity index (χ4n) is 9.87. The van der Waals surface area contributed by atoms with Gasteiger partial charge in [0.25, 0.3) is 0 Å². The van der Waals surface area contributed by atoms with Gasteiger partial charge in [-0.25, -0.2) is 0 Å². The molecule has 0 spiro atoms. The first-order valence-corrected chi connectivity index (χ1v) is 20.5. The molecular formula is C54H41NS. The minimum absolute atomic E-state index is 0.0785. The van der Waals surface area contributed by atoms with Gasteiger partial charge in [0.15, 0.2) is 0 Å². The molecule has 268 valence electrons. The fraction of sp³-hybridized carbons (Fsp3) is 0.111. The minimum atomic E-state index is -0.0934. The van der Waals surface area contributed by atoms with Crippen LogP contribution in [0.3, 0.4) is 0 Å². The molecule has 0 amide bonds. The highest BCUT2D eigenvalue weighted by Gasteiger charge is 2.38. The second-order valence-electron chi connectivity index (χ2n) is 16.5. The molecule has 56 heavy (non-hydrogen) atoms. The second kappa shape index (κ2) is 12.1. The van der Waals surface area contributed by atoms with Gasteiger partial charge in [-0.3, -0.25) is 0 Å². The van der Waals surface area contributed by atoms with Crippen LogP contribution in [0.2, 0.25) is 0 Å². The molecule has 0 unspecified atom stereocenters. The summed E-state index contributed by atoms with van der Waals surface area (Å²) in [6.07, 6.45) is 0. The lowest BCUT2D eigenvalue weighted by atomic mass is 9.79. The van der Waals surface area contributed by atoms with Gasteiger partial charge in [-0.15, -0.1) is 11.3 Å². The van der Waals surface area contributed by atoms with E-state index in [1.165, 1.54) is 86.9 Å². The predicted octanol–water partition coefficient (Wildman–Crippen LogP) is 15.5. The number of fused-ring (bicyclic) bond motifs is 9. The van der Waals surface area contributed by atoms with E-state index in [-0.39, 0.29) is 10.8 Å². The normalized spacial score (nSPS) is 14.4. The lowest BCUT2D eigenvalue weighted by molar-refractivity contribution is 0.660. The van der Waals surface area contributed by atoms with Crippen molar-refractivity contribution in [1.29, 1.82) is 0 Å². The first kappa shape index (κ1) is 33.1. The van der Waals surface area contributed by atoms with Crippen LogP contribution in [0.1, 0.15) is 49.9 Å². The highest BCUT2D eigenvalue weighted by Crippen LogP contribution is 2.53. The average Bonchev–Trinajstić information content (AvgIpc) is 3.81. The Morgan fingerprint density at radius 1 is 0.357 bits per heavy atom. The Hall–Kier alpha value is -6.22. The zero-order valence-electron chi connectivity index (χ0n) is 32.1. The van der Waals surface area contributed by atoms with E-state index in [4.69, 9.17) is 0 Å². The maximum atomic E-state index is 2.43. The number of rotatable bonds is 5. The third-order valence-corrected chi connectivity index (χ3v) is 13.8. The smallest absolute Gasteiger partial charge is 0.0465 e. The molecule has 2 aliphatic rings. The summed E-state index contributed by atoms with van der Waals surface area (Å²) in [6, 6.07) is 65.7. The molecule has 0 fully saturated rings. The van der Waals surface area contributed by atoms with E-state index in [0.29, 0.717) is 0 Å². The van der Waals surface area contributed by atoms with Crippen LogP contribution in [0.25, 0.3) is 64.7 Å². The second-order valence-corrected chi connectivity index (χ2v) is 17.6. The van der Waals surface area contributed by atoms with E-state index in [1.54, 1.807) is 0 Å². The predicted molar refractivity (Wildman–Crippen MR) is 240 cm³/mol. The third-order valence-electron chi connectivity index (χ3n) is 12.7. The van der Waals surface area contributed by atoms with E-state index in [0.717, 1.165) is 17.1 Å². The number of hydrogen-bond donors (Lipinski definition) is 0. The SMILES string of the molecule is CC1(C)c2ccccc2-c2ccc(N(c3ccc(-c4ccc5sc6ccccc6c5c4)cc3)c3ccc(-c4cccc5c4C(C)(C)c4ccccc4-5)cc3)cc21. The van der Waals surface area contributed by atoms with Crippen LogP contribution in [-0.2, 0) is 10.8 Å². The van der Waals surface area contributed by atoms with E-state index >= 15 is 0 Å². The average molecular weight is 736 g/mol. The van der Waals surface area contributed by atoms with E-state index in [9.17, 15) is 0 Å². The number of anilines is 3. The van der Waals surface area contributed by atoms with Gasteiger partial charge < -0.3 is 4.90 Å². The van der Waals surface area contributed by atoms with Crippen molar-refractivity contribution < 1.29 is 0 Å². The summed E-state index contributed by atoms with van der Waals surface area (Å²) in [5.41, 5.74) is 19.2. The summed E-state index contributed by atoms with van der Waals surface area (Å²) >= 11 is 1.87. The lowest BCUT2D eigenvalue weighted by Gasteiger charge is -2.29. The zero-order valence-corrected chi connectivity index (χ0v) is 32.9. The number of nitrogens with zero attached hydrogens (tertiary/aromatic N) is 1. The molecule has 0 atom stereocenters. The molecule has 9 aromatic rings. The van der Waals surface area contributed by atoms with Crippen molar-refractivity contribution >= 4 is 48.6 Å². The first-order chi connectivity index (χ1) is 27.3. The number of thiophene rings is 1. The summed E-state index contributed by atoms with van der Waals surface area (Å²) in [6.45, 7) is 9.46. The van der Waals surface area contributed by atoms with Crippen molar-refractivity contribution in [2.45, 2.75) is 38.5 Å².